The molecule has 1 aromatic carbocycles. The summed E-state index contributed by atoms with van der Waals surface area (Å²) in [6.45, 7) is 13.4. The van der Waals surface area contributed by atoms with Gasteiger partial charge in [-0.05, 0) is 20.3 Å². The van der Waals surface area contributed by atoms with Crippen molar-refractivity contribution in [3.05, 3.63) is 35.4 Å². The molecule has 0 aliphatic carbocycles. The normalized spacial score (nSPS) is 25.9. The predicted molar refractivity (Wildman–Crippen MR) is 76.0 cm³/mol. The molecule has 1 aromatic rings. The summed E-state index contributed by atoms with van der Waals surface area (Å²) in [5.74, 6) is 0. The van der Waals surface area contributed by atoms with E-state index in [1.54, 1.807) is 4.90 Å². The van der Waals surface area contributed by atoms with Gasteiger partial charge in [-0.2, -0.15) is 0 Å². The molecular formula is C16H28N2+2. The Kier molecular flexibility index (Phi) is 4.79. The van der Waals surface area contributed by atoms with Crippen molar-refractivity contribution in [1.82, 2.24) is 0 Å². The van der Waals surface area contributed by atoms with Crippen molar-refractivity contribution in [2.45, 2.75) is 39.8 Å². The van der Waals surface area contributed by atoms with E-state index in [1.807, 2.05) is 4.90 Å². The molecule has 0 aromatic heterocycles. The highest BCUT2D eigenvalue weighted by molar-refractivity contribution is 5.21. The van der Waals surface area contributed by atoms with Crippen LogP contribution >= 0.6 is 0 Å². The van der Waals surface area contributed by atoms with Gasteiger partial charge in [0.25, 0.3) is 0 Å². The molecule has 2 N–H and O–H groups in total. The molecule has 1 saturated heterocycles. The molecule has 1 atom stereocenters. The second-order valence-electron chi connectivity index (χ2n) is 5.88. The van der Waals surface area contributed by atoms with E-state index in [0.29, 0.717) is 0 Å². The topological polar surface area (TPSA) is 8.88 Å². The Morgan fingerprint density at radius 2 is 1.89 bits per heavy atom. The van der Waals surface area contributed by atoms with Crippen molar-refractivity contribution >= 4 is 0 Å². The van der Waals surface area contributed by atoms with Gasteiger partial charge in [0.2, 0.25) is 0 Å². The van der Waals surface area contributed by atoms with E-state index in [9.17, 15) is 0 Å². The van der Waals surface area contributed by atoms with Crippen LogP contribution in [0, 0.1) is 6.92 Å². The van der Waals surface area contributed by atoms with E-state index < -0.39 is 0 Å². The molecule has 0 unspecified atom stereocenters. The molecule has 2 heteroatoms. The summed E-state index contributed by atoms with van der Waals surface area (Å²) >= 11 is 0. The van der Waals surface area contributed by atoms with Crippen molar-refractivity contribution in [3.63, 3.8) is 0 Å². The summed E-state index contributed by atoms with van der Waals surface area (Å²) in [5.41, 5.74) is 2.88. The molecule has 0 amide bonds. The Labute approximate surface area is 112 Å². The summed E-state index contributed by atoms with van der Waals surface area (Å²) in [5, 5.41) is 0. The Morgan fingerprint density at radius 3 is 2.50 bits per heavy atom. The van der Waals surface area contributed by atoms with Crippen LogP contribution < -0.4 is 9.80 Å². The van der Waals surface area contributed by atoms with Gasteiger partial charge < -0.3 is 9.80 Å². The summed E-state index contributed by atoms with van der Waals surface area (Å²) in [4.78, 5) is 3.57. The maximum absolute atomic E-state index is 2.39. The van der Waals surface area contributed by atoms with Crippen LogP contribution in [0.4, 0.5) is 0 Å². The molecule has 2 rings (SSSR count). The molecule has 0 spiro atoms. The van der Waals surface area contributed by atoms with Gasteiger partial charge in [0, 0.05) is 5.56 Å². The molecule has 1 heterocycles. The lowest BCUT2D eigenvalue weighted by atomic mass is 10.1. The average Bonchev–Trinajstić information content (AvgIpc) is 2.39. The van der Waals surface area contributed by atoms with Crippen molar-refractivity contribution in [2.24, 2.45) is 0 Å². The third-order valence-corrected chi connectivity index (χ3v) is 4.45. The maximum atomic E-state index is 2.39. The van der Waals surface area contributed by atoms with E-state index in [4.69, 9.17) is 0 Å². The Balaban J connectivity index is 1.83. The lowest BCUT2D eigenvalue weighted by molar-refractivity contribution is -1.03. The van der Waals surface area contributed by atoms with E-state index in [0.717, 1.165) is 6.04 Å². The minimum atomic E-state index is 0.838. The van der Waals surface area contributed by atoms with Gasteiger partial charge in [0.1, 0.15) is 32.7 Å². The van der Waals surface area contributed by atoms with Crippen LogP contribution in [-0.4, -0.2) is 32.2 Å². The monoisotopic (exact) mass is 248 g/mol. The van der Waals surface area contributed by atoms with Crippen molar-refractivity contribution in [3.8, 4) is 0 Å². The first kappa shape index (κ1) is 13.6. The number of benzene rings is 1. The zero-order chi connectivity index (χ0) is 13.0. The number of hydrogen-bond acceptors (Lipinski definition) is 0. The fraction of sp³-hybridized carbons (Fsp3) is 0.625. The summed E-state index contributed by atoms with van der Waals surface area (Å²) < 4.78 is 0. The summed E-state index contributed by atoms with van der Waals surface area (Å²) in [7, 11) is 0. The Bertz CT molecular complexity index is 367. The quantitative estimate of drug-likeness (QED) is 0.747. The van der Waals surface area contributed by atoms with Gasteiger partial charge in [-0.15, -0.1) is 0 Å². The van der Waals surface area contributed by atoms with Crippen LogP contribution in [-0.2, 0) is 6.54 Å². The van der Waals surface area contributed by atoms with Crippen molar-refractivity contribution < 1.29 is 9.80 Å². The number of rotatable bonds is 4. The van der Waals surface area contributed by atoms with Gasteiger partial charge >= 0.3 is 0 Å². The lowest BCUT2D eigenvalue weighted by Gasteiger charge is -2.33. The number of piperazine rings is 1. The zero-order valence-electron chi connectivity index (χ0n) is 12.1. The fourth-order valence-electron chi connectivity index (χ4n) is 2.99. The SMILES string of the molecule is CC[C@@H](C)[NH+]1CC[NH+](Cc2cccc(C)c2)CC1. The minimum Gasteiger partial charge on any atom is -0.323 e. The second-order valence-corrected chi connectivity index (χ2v) is 5.88. The first-order valence-electron chi connectivity index (χ1n) is 7.42. The van der Waals surface area contributed by atoms with Gasteiger partial charge in [-0.3, -0.25) is 0 Å². The number of hydrogen-bond donors (Lipinski definition) is 2. The molecule has 0 bridgehead atoms. The highest BCUT2D eigenvalue weighted by atomic mass is 15.3. The zero-order valence-corrected chi connectivity index (χ0v) is 12.1. The highest BCUT2D eigenvalue weighted by Gasteiger charge is 2.25. The largest absolute Gasteiger partial charge is 0.323 e. The molecule has 0 saturated carbocycles. The number of quaternary nitrogens is 2. The number of nitrogens with one attached hydrogen (secondary N) is 2. The van der Waals surface area contributed by atoms with E-state index in [1.165, 1.54) is 50.3 Å². The molecule has 1 aliphatic heterocycles. The van der Waals surface area contributed by atoms with Gasteiger partial charge in [0.15, 0.2) is 0 Å². The Morgan fingerprint density at radius 1 is 1.17 bits per heavy atom. The molecule has 1 aliphatic rings. The van der Waals surface area contributed by atoms with Crippen LogP contribution in [0.1, 0.15) is 31.4 Å². The van der Waals surface area contributed by atoms with Crippen LogP contribution in [0.5, 0.6) is 0 Å². The molecule has 2 nitrogen and oxygen atoms in total. The summed E-state index contributed by atoms with van der Waals surface area (Å²) in [6, 6.07) is 9.81. The molecule has 18 heavy (non-hydrogen) atoms. The van der Waals surface area contributed by atoms with E-state index in [-0.39, 0.29) is 0 Å². The molecule has 1 fully saturated rings. The van der Waals surface area contributed by atoms with E-state index in [2.05, 4.69) is 45.0 Å². The first-order chi connectivity index (χ1) is 8.69. The fourth-order valence-corrected chi connectivity index (χ4v) is 2.99. The average molecular weight is 248 g/mol. The predicted octanol–water partition coefficient (Wildman–Crippen LogP) is 0.0769. The first-order valence-corrected chi connectivity index (χ1v) is 7.42. The third-order valence-electron chi connectivity index (χ3n) is 4.45. The van der Waals surface area contributed by atoms with Gasteiger partial charge in [-0.25, -0.2) is 0 Å². The van der Waals surface area contributed by atoms with Crippen LogP contribution in [0.2, 0.25) is 0 Å². The van der Waals surface area contributed by atoms with Crippen LogP contribution in [0.15, 0.2) is 24.3 Å². The van der Waals surface area contributed by atoms with Crippen molar-refractivity contribution in [2.75, 3.05) is 26.2 Å². The van der Waals surface area contributed by atoms with E-state index >= 15 is 0 Å². The smallest absolute Gasteiger partial charge is 0.127 e. The Hall–Kier alpha value is -0.860. The highest BCUT2D eigenvalue weighted by Crippen LogP contribution is 2.01. The molecule has 100 valence electrons. The molecular weight excluding hydrogens is 220 g/mol. The second kappa shape index (κ2) is 6.35. The van der Waals surface area contributed by atoms with Crippen LogP contribution in [0.25, 0.3) is 0 Å². The van der Waals surface area contributed by atoms with Crippen LogP contribution in [0.3, 0.4) is 0 Å². The summed E-state index contributed by atoms with van der Waals surface area (Å²) in [6.07, 6.45) is 1.31. The van der Waals surface area contributed by atoms with Gasteiger partial charge in [0.05, 0.1) is 6.04 Å². The number of aryl methyl sites for hydroxylation is 1. The standard InChI is InChI=1S/C16H26N2/c1-4-15(3)18-10-8-17(9-11-18)13-16-7-5-6-14(2)12-16/h5-7,12,15H,4,8-11,13H2,1-3H3/p+2/t15-/m1/s1. The minimum absolute atomic E-state index is 0.838. The maximum Gasteiger partial charge on any atom is 0.127 e. The lowest BCUT2D eigenvalue weighted by Crippen LogP contribution is -3.29. The van der Waals surface area contributed by atoms with Gasteiger partial charge in [-0.1, -0.05) is 36.8 Å². The van der Waals surface area contributed by atoms with Crippen molar-refractivity contribution in [1.29, 1.82) is 0 Å². The third kappa shape index (κ3) is 3.56. The molecule has 0 radical (unpaired) electrons.